The van der Waals surface area contributed by atoms with Gasteiger partial charge in [0.15, 0.2) is 0 Å². The third-order valence-corrected chi connectivity index (χ3v) is 5.42. The van der Waals surface area contributed by atoms with E-state index in [4.69, 9.17) is 21.8 Å². The van der Waals surface area contributed by atoms with Crippen molar-refractivity contribution in [3.8, 4) is 0 Å². The van der Waals surface area contributed by atoms with Crippen LogP contribution in [-0.4, -0.2) is 19.3 Å². The Kier molecular flexibility index (Phi) is 5.05. The molecule has 21 heavy (non-hydrogen) atoms. The molecule has 0 unspecified atom stereocenters. The average molecular weight is 329 g/mol. The van der Waals surface area contributed by atoms with Crippen molar-refractivity contribution in [3.63, 3.8) is 0 Å². The van der Waals surface area contributed by atoms with Gasteiger partial charge in [-0.15, -0.1) is 0 Å². The first-order valence-corrected chi connectivity index (χ1v) is 8.32. The maximum atomic E-state index is 12.6. The highest BCUT2D eigenvalue weighted by Crippen LogP contribution is 2.24. The van der Waals surface area contributed by atoms with Crippen LogP contribution in [-0.2, 0) is 23.1 Å². The summed E-state index contributed by atoms with van der Waals surface area (Å²) < 4.78 is 31.8. The van der Waals surface area contributed by atoms with Crippen molar-refractivity contribution >= 4 is 21.6 Å². The van der Waals surface area contributed by atoms with Crippen molar-refractivity contribution in [2.45, 2.75) is 24.9 Å². The third kappa shape index (κ3) is 3.47. The summed E-state index contributed by atoms with van der Waals surface area (Å²) in [6, 6.07) is 8.05. The van der Waals surface area contributed by atoms with Gasteiger partial charge < -0.3 is 10.2 Å². The first-order chi connectivity index (χ1) is 9.98. The summed E-state index contributed by atoms with van der Waals surface area (Å²) in [5.74, 6) is 0.588. The molecule has 0 spiro atoms. The average Bonchev–Trinajstić information content (AvgIpc) is 2.97. The highest BCUT2D eigenvalue weighted by molar-refractivity contribution is 7.89. The Balaban J connectivity index is 2.32. The Labute approximate surface area is 129 Å². The van der Waals surface area contributed by atoms with Gasteiger partial charge in [-0.25, -0.2) is 8.42 Å². The summed E-state index contributed by atoms with van der Waals surface area (Å²) in [6.07, 6.45) is 1.52. The van der Waals surface area contributed by atoms with Crippen molar-refractivity contribution in [2.24, 2.45) is 5.73 Å². The molecule has 7 heteroatoms. The Morgan fingerprint density at radius 2 is 2.10 bits per heavy atom. The van der Waals surface area contributed by atoms with Crippen molar-refractivity contribution in [2.75, 3.05) is 6.54 Å². The zero-order chi connectivity index (χ0) is 15.5. The van der Waals surface area contributed by atoms with Gasteiger partial charge in [0.1, 0.15) is 5.76 Å². The van der Waals surface area contributed by atoms with Crippen LogP contribution in [0.1, 0.15) is 18.2 Å². The zero-order valence-corrected chi connectivity index (χ0v) is 13.2. The van der Waals surface area contributed by atoms with Gasteiger partial charge >= 0.3 is 0 Å². The van der Waals surface area contributed by atoms with Crippen molar-refractivity contribution in [1.82, 2.24) is 4.31 Å². The molecule has 0 aliphatic rings. The number of benzene rings is 1. The molecule has 1 heterocycles. The number of halogens is 1. The molecule has 0 bridgehead atoms. The fourth-order valence-corrected chi connectivity index (χ4v) is 3.71. The predicted molar refractivity (Wildman–Crippen MR) is 81.3 cm³/mol. The number of rotatable bonds is 6. The Hall–Kier alpha value is -1.34. The monoisotopic (exact) mass is 328 g/mol. The fraction of sp³-hybridized carbons (Fsp3) is 0.286. The van der Waals surface area contributed by atoms with Crippen LogP contribution in [0.25, 0.3) is 0 Å². The van der Waals surface area contributed by atoms with Crippen molar-refractivity contribution in [1.29, 1.82) is 0 Å². The van der Waals surface area contributed by atoms with Crippen LogP contribution >= 0.6 is 11.6 Å². The highest BCUT2D eigenvalue weighted by atomic mass is 35.5. The molecule has 5 nitrogen and oxygen atoms in total. The summed E-state index contributed by atoms with van der Waals surface area (Å²) in [7, 11) is -3.63. The summed E-state index contributed by atoms with van der Waals surface area (Å²) >= 11 is 6.04. The number of sulfonamides is 1. The molecule has 0 aliphatic carbocycles. The maximum Gasteiger partial charge on any atom is 0.243 e. The van der Waals surface area contributed by atoms with Gasteiger partial charge in [0.25, 0.3) is 0 Å². The molecule has 0 radical (unpaired) electrons. The molecule has 0 fully saturated rings. The molecule has 0 saturated carbocycles. The lowest BCUT2D eigenvalue weighted by atomic mass is 10.2. The van der Waals surface area contributed by atoms with Gasteiger partial charge in [0, 0.05) is 18.1 Å². The molecule has 1 aromatic heterocycles. The fourth-order valence-electron chi connectivity index (χ4n) is 1.95. The number of hydrogen-bond donors (Lipinski definition) is 1. The Morgan fingerprint density at radius 1 is 1.33 bits per heavy atom. The lowest BCUT2D eigenvalue weighted by Crippen LogP contribution is -2.30. The molecule has 2 aromatic rings. The van der Waals surface area contributed by atoms with Gasteiger partial charge in [-0.3, -0.25) is 0 Å². The number of nitrogens with two attached hydrogens (primary N) is 1. The van der Waals surface area contributed by atoms with Crippen LogP contribution in [0.3, 0.4) is 0 Å². The molecule has 0 atom stereocenters. The summed E-state index contributed by atoms with van der Waals surface area (Å²) in [5.41, 5.74) is 6.24. The Morgan fingerprint density at radius 3 is 2.62 bits per heavy atom. The highest BCUT2D eigenvalue weighted by Gasteiger charge is 2.24. The van der Waals surface area contributed by atoms with E-state index in [2.05, 4.69) is 0 Å². The van der Waals surface area contributed by atoms with Crippen LogP contribution in [0.4, 0.5) is 0 Å². The normalized spacial score (nSPS) is 12.0. The number of furan rings is 1. The van der Waals surface area contributed by atoms with E-state index in [1.165, 1.54) is 22.7 Å². The van der Waals surface area contributed by atoms with E-state index in [9.17, 15) is 8.42 Å². The smallest absolute Gasteiger partial charge is 0.243 e. The maximum absolute atomic E-state index is 12.6. The van der Waals surface area contributed by atoms with Gasteiger partial charge in [-0.2, -0.15) is 4.31 Å². The van der Waals surface area contributed by atoms with Gasteiger partial charge in [-0.05, 0) is 29.8 Å². The van der Waals surface area contributed by atoms with E-state index in [0.717, 1.165) is 0 Å². The molecule has 2 rings (SSSR count). The van der Waals surface area contributed by atoms with Crippen LogP contribution in [0.5, 0.6) is 0 Å². The van der Waals surface area contributed by atoms with E-state index in [1.54, 1.807) is 25.1 Å². The Bertz CT molecular complexity index is 699. The second-order valence-electron chi connectivity index (χ2n) is 4.47. The van der Waals surface area contributed by atoms with Crippen LogP contribution in [0.2, 0.25) is 5.02 Å². The van der Waals surface area contributed by atoms with E-state index in [-0.39, 0.29) is 18.0 Å². The number of nitrogens with zero attached hydrogens (tertiary/aromatic N) is 1. The lowest BCUT2D eigenvalue weighted by Gasteiger charge is -2.19. The molecule has 114 valence electrons. The van der Waals surface area contributed by atoms with Crippen molar-refractivity contribution in [3.05, 3.63) is 52.9 Å². The largest absolute Gasteiger partial charge is 0.468 e. The molecule has 0 saturated heterocycles. The van der Waals surface area contributed by atoms with E-state index in [0.29, 0.717) is 22.9 Å². The topological polar surface area (TPSA) is 76.5 Å². The van der Waals surface area contributed by atoms with Crippen molar-refractivity contribution < 1.29 is 12.8 Å². The van der Waals surface area contributed by atoms with E-state index in [1.807, 2.05) is 0 Å². The minimum absolute atomic E-state index is 0.151. The lowest BCUT2D eigenvalue weighted by molar-refractivity contribution is 0.375. The van der Waals surface area contributed by atoms with E-state index < -0.39 is 10.0 Å². The molecule has 1 aromatic carbocycles. The SMILES string of the molecule is CCN(Cc1ccco1)S(=O)(=O)c1ccc(CN)c(Cl)c1. The second-order valence-corrected chi connectivity index (χ2v) is 6.81. The number of hydrogen-bond acceptors (Lipinski definition) is 4. The molecular weight excluding hydrogens is 312 g/mol. The minimum atomic E-state index is -3.63. The van der Waals surface area contributed by atoms with Gasteiger partial charge in [0.2, 0.25) is 10.0 Å². The molecular formula is C14H17ClN2O3S. The first-order valence-electron chi connectivity index (χ1n) is 6.50. The van der Waals surface area contributed by atoms with E-state index >= 15 is 0 Å². The summed E-state index contributed by atoms with van der Waals surface area (Å²) in [5, 5.41) is 0.354. The first kappa shape index (κ1) is 16.0. The van der Waals surface area contributed by atoms with Gasteiger partial charge in [-0.1, -0.05) is 24.6 Å². The molecule has 2 N–H and O–H groups in total. The van der Waals surface area contributed by atoms with Gasteiger partial charge in [0.05, 0.1) is 17.7 Å². The zero-order valence-electron chi connectivity index (χ0n) is 11.6. The standard InChI is InChI=1S/C14H17ClN2O3S/c1-2-17(10-12-4-3-7-20-12)21(18,19)13-6-5-11(9-16)14(15)8-13/h3-8H,2,9-10,16H2,1H3. The minimum Gasteiger partial charge on any atom is -0.468 e. The predicted octanol–water partition coefficient (Wildman–Crippen LogP) is 2.60. The quantitative estimate of drug-likeness (QED) is 0.884. The molecule has 0 aliphatic heterocycles. The van der Waals surface area contributed by atoms with Crippen LogP contribution in [0, 0.1) is 0 Å². The second kappa shape index (κ2) is 6.62. The summed E-state index contributed by atoms with van der Waals surface area (Å²) in [4.78, 5) is 0.151. The molecule has 0 amide bonds. The van der Waals surface area contributed by atoms with Crippen LogP contribution in [0.15, 0.2) is 45.9 Å². The van der Waals surface area contributed by atoms with Crippen LogP contribution < -0.4 is 5.73 Å². The summed E-state index contributed by atoms with van der Waals surface area (Å²) in [6.45, 7) is 2.56. The third-order valence-electron chi connectivity index (χ3n) is 3.15.